The summed E-state index contributed by atoms with van der Waals surface area (Å²) < 4.78 is 32.1. The Morgan fingerprint density at radius 3 is 2.20 bits per heavy atom. The van der Waals surface area contributed by atoms with Gasteiger partial charge in [0.15, 0.2) is 0 Å². The molecule has 0 atom stereocenters. The third-order valence-corrected chi connectivity index (χ3v) is 7.60. The first-order valence-electron chi connectivity index (χ1n) is 9.93. The smallest absolute Gasteiger partial charge is 0.253 e. The van der Waals surface area contributed by atoms with E-state index in [9.17, 15) is 13.2 Å². The summed E-state index contributed by atoms with van der Waals surface area (Å²) >= 11 is 6.07. The molecular formula is C21H24ClN3O4S. The normalized spacial score (nSPS) is 18.4. The van der Waals surface area contributed by atoms with Crippen LogP contribution in [0.4, 0.5) is 5.69 Å². The lowest BCUT2D eigenvalue weighted by Gasteiger charge is -2.36. The van der Waals surface area contributed by atoms with Crippen molar-refractivity contribution < 1.29 is 17.9 Å². The van der Waals surface area contributed by atoms with Crippen molar-refractivity contribution in [3.8, 4) is 0 Å². The van der Waals surface area contributed by atoms with E-state index in [0.29, 0.717) is 50.0 Å². The lowest BCUT2D eigenvalue weighted by molar-refractivity contribution is 0.0730. The van der Waals surface area contributed by atoms with Crippen molar-refractivity contribution >= 4 is 33.2 Å². The summed E-state index contributed by atoms with van der Waals surface area (Å²) in [6.45, 7) is 4.12. The number of anilines is 1. The number of rotatable bonds is 4. The molecule has 0 saturated carbocycles. The minimum atomic E-state index is -3.56. The van der Waals surface area contributed by atoms with Gasteiger partial charge in [0.1, 0.15) is 0 Å². The quantitative estimate of drug-likeness (QED) is 0.716. The summed E-state index contributed by atoms with van der Waals surface area (Å²) in [6, 6.07) is 13.9. The van der Waals surface area contributed by atoms with E-state index in [1.165, 1.54) is 16.4 Å². The van der Waals surface area contributed by atoms with Gasteiger partial charge in [-0.3, -0.25) is 4.79 Å². The van der Waals surface area contributed by atoms with Gasteiger partial charge in [-0.2, -0.15) is 4.31 Å². The number of carbonyl (C=O) groups excluding carboxylic acids is 1. The lowest BCUT2D eigenvalue weighted by atomic mass is 10.1. The maximum absolute atomic E-state index is 12.9. The van der Waals surface area contributed by atoms with Crippen molar-refractivity contribution in [2.75, 3.05) is 57.4 Å². The molecule has 9 heteroatoms. The predicted octanol–water partition coefficient (Wildman–Crippen LogP) is 2.32. The van der Waals surface area contributed by atoms with Gasteiger partial charge in [0.25, 0.3) is 5.91 Å². The first-order valence-corrected chi connectivity index (χ1v) is 11.7. The molecule has 2 saturated heterocycles. The second kappa shape index (κ2) is 8.93. The van der Waals surface area contributed by atoms with Gasteiger partial charge in [-0.1, -0.05) is 17.7 Å². The predicted molar refractivity (Wildman–Crippen MR) is 116 cm³/mol. The Morgan fingerprint density at radius 1 is 0.900 bits per heavy atom. The van der Waals surface area contributed by atoms with E-state index in [1.54, 1.807) is 17.0 Å². The van der Waals surface area contributed by atoms with Crippen LogP contribution < -0.4 is 4.90 Å². The van der Waals surface area contributed by atoms with Crippen molar-refractivity contribution in [2.45, 2.75) is 4.90 Å². The van der Waals surface area contributed by atoms with Crippen LogP contribution in [0.1, 0.15) is 10.4 Å². The molecule has 2 aliphatic rings. The molecule has 0 bridgehead atoms. The van der Waals surface area contributed by atoms with E-state index in [-0.39, 0.29) is 10.8 Å². The van der Waals surface area contributed by atoms with Crippen LogP contribution in [0.25, 0.3) is 0 Å². The fourth-order valence-electron chi connectivity index (χ4n) is 3.73. The molecule has 0 aliphatic carbocycles. The summed E-state index contributed by atoms with van der Waals surface area (Å²) in [5, 5.41) is 0.693. The highest BCUT2D eigenvalue weighted by Gasteiger charge is 2.27. The van der Waals surface area contributed by atoms with Crippen LogP contribution in [-0.2, 0) is 14.8 Å². The number of amides is 1. The van der Waals surface area contributed by atoms with Crippen LogP contribution >= 0.6 is 11.6 Å². The second-order valence-electron chi connectivity index (χ2n) is 7.30. The molecule has 30 heavy (non-hydrogen) atoms. The minimum Gasteiger partial charge on any atom is -0.379 e. The van der Waals surface area contributed by atoms with E-state index >= 15 is 0 Å². The molecule has 2 fully saturated rings. The van der Waals surface area contributed by atoms with Crippen molar-refractivity contribution in [3.63, 3.8) is 0 Å². The number of sulfonamides is 1. The number of hydrogen-bond donors (Lipinski definition) is 0. The Balaban J connectivity index is 1.39. The van der Waals surface area contributed by atoms with Gasteiger partial charge in [0.2, 0.25) is 10.0 Å². The van der Waals surface area contributed by atoms with E-state index < -0.39 is 10.0 Å². The Kier molecular flexibility index (Phi) is 6.29. The van der Waals surface area contributed by atoms with Crippen LogP contribution in [0.2, 0.25) is 5.02 Å². The van der Waals surface area contributed by atoms with Crippen LogP contribution in [0, 0.1) is 0 Å². The van der Waals surface area contributed by atoms with Crippen molar-refractivity contribution in [2.24, 2.45) is 0 Å². The topological polar surface area (TPSA) is 70.2 Å². The summed E-state index contributed by atoms with van der Waals surface area (Å²) in [6.07, 6.45) is 0. The fourth-order valence-corrected chi connectivity index (χ4v) is 5.32. The highest BCUT2D eigenvalue weighted by Crippen LogP contribution is 2.22. The number of halogens is 1. The van der Waals surface area contributed by atoms with Crippen LogP contribution in [0.15, 0.2) is 53.4 Å². The van der Waals surface area contributed by atoms with Gasteiger partial charge in [0.05, 0.1) is 18.1 Å². The van der Waals surface area contributed by atoms with Gasteiger partial charge in [-0.25, -0.2) is 8.42 Å². The second-order valence-corrected chi connectivity index (χ2v) is 9.67. The van der Waals surface area contributed by atoms with Crippen molar-refractivity contribution in [3.05, 3.63) is 59.1 Å². The number of morpholine rings is 1. The van der Waals surface area contributed by atoms with E-state index in [1.807, 2.05) is 24.3 Å². The van der Waals surface area contributed by atoms with Gasteiger partial charge in [-0.15, -0.1) is 0 Å². The van der Waals surface area contributed by atoms with Crippen molar-refractivity contribution in [1.29, 1.82) is 0 Å². The lowest BCUT2D eigenvalue weighted by Crippen LogP contribution is -2.48. The zero-order valence-corrected chi connectivity index (χ0v) is 18.1. The SMILES string of the molecule is O=C(c1ccc(S(=O)(=O)N2CCOCC2)cc1)N1CCN(c2cccc(Cl)c2)CC1. The molecule has 0 spiro atoms. The highest BCUT2D eigenvalue weighted by atomic mass is 35.5. The molecule has 4 rings (SSSR count). The molecule has 0 radical (unpaired) electrons. The molecule has 2 heterocycles. The monoisotopic (exact) mass is 449 g/mol. The first kappa shape index (κ1) is 21.1. The summed E-state index contributed by atoms with van der Waals surface area (Å²) in [5.41, 5.74) is 1.54. The number of hydrogen-bond acceptors (Lipinski definition) is 5. The summed E-state index contributed by atoms with van der Waals surface area (Å²) in [4.78, 5) is 17.1. The Hall–Kier alpha value is -2.13. The number of benzene rings is 2. The van der Waals surface area contributed by atoms with Gasteiger partial charge >= 0.3 is 0 Å². The molecule has 0 unspecified atom stereocenters. The number of carbonyl (C=O) groups is 1. The van der Waals surface area contributed by atoms with E-state index in [2.05, 4.69) is 4.90 Å². The molecule has 2 aromatic carbocycles. The largest absolute Gasteiger partial charge is 0.379 e. The third-order valence-electron chi connectivity index (χ3n) is 5.45. The number of ether oxygens (including phenoxy) is 1. The molecule has 160 valence electrons. The summed E-state index contributed by atoms with van der Waals surface area (Å²) in [7, 11) is -3.56. The number of piperazine rings is 1. The molecule has 2 aliphatic heterocycles. The zero-order chi connectivity index (χ0) is 21.1. The maximum Gasteiger partial charge on any atom is 0.253 e. The Labute approximate surface area is 181 Å². The summed E-state index contributed by atoms with van der Waals surface area (Å²) in [5.74, 6) is -0.0870. The van der Waals surface area contributed by atoms with E-state index in [0.717, 1.165) is 18.8 Å². The standard InChI is InChI=1S/C21H24ClN3O4S/c22-18-2-1-3-19(16-18)23-8-10-24(11-9-23)21(26)17-4-6-20(7-5-17)30(27,28)25-12-14-29-15-13-25/h1-7,16H,8-15H2. The Bertz CT molecular complexity index is 999. The molecule has 0 aromatic heterocycles. The third kappa shape index (κ3) is 4.46. The average molecular weight is 450 g/mol. The molecule has 0 N–H and O–H groups in total. The van der Waals surface area contributed by atoms with E-state index in [4.69, 9.17) is 16.3 Å². The number of nitrogens with zero attached hydrogens (tertiary/aromatic N) is 3. The first-order chi connectivity index (χ1) is 14.4. The average Bonchev–Trinajstić information content (AvgIpc) is 2.79. The Morgan fingerprint density at radius 2 is 1.57 bits per heavy atom. The maximum atomic E-state index is 12.9. The van der Waals surface area contributed by atoms with Gasteiger partial charge in [-0.05, 0) is 42.5 Å². The van der Waals surface area contributed by atoms with Crippen LogP contribution in [0.3, 0.4) is 0 Å². The van der Waals surface area contributed by atoms with Gasteiger partial charge < -0.3 is 14.5 Å². The van der Waals surface area contributed by atoms with Crippen LogP contribution in [-0.4, -0.2) is 76.0 Å². The fraction of sp³-hybridized carbons (Fsp3) is 0.381. The molecule has 1 amide bonds. The van der Waals surface area contributed by atoms with Crippen molar-refractivity contribution in [1.82, 2.24) is 9.21 Å². The molecule has 7 nitrogen and oxygen atoms in total. The minimum absolute atomic E-state index is 0.0870. The zero-order valence-electron chi connectivity index (χ0n) is 16.5. The van der Waals surface area contributed by atoms with Crippen LogP contribution in [0.5, 0.6) is 0 Å². The molecular weight excluding hydrogens is 426 g/mol. The van der Waals surface area contributed by atoms with Gasteiger partial charge in [0, 0.05) is 55.5 Å². The highest BCUT2D eigenvalue weighted by molar-refractivity contribution is 7.89. The molecule has 2 aromatic rings.